The highest BCUT2D eigenvalue weighted by Crippen LogP contribution is 2.12. The van der Waals surface area contributed by atoms with Gasteiger partial charge in [-0.3, -0.25) is 4.79 Å². The number of aromatic nitrogens is 2. The van der Waals surface area contributed by atoms with Crippen molar-refractivity contribution in [2.45, 2.75) is 20.4 Å². The van der Waals surface area contributed by atoms with Crippen LogP contribution in [0.15, 0.2) is 30.6 Å². The molecule has 0 fully saturated rings. The summed E-state index contributed by atoms with van der Waals surface area (Å²) in [6, 6.07) is 7.74. The Kier molecular flexibility index (Phi) is 3.24. The molecule has 0 atom stereocenters. The molecule has 0 saturated heterocycles. The standard InChI is InChI=1S/C14H13N3O/c1-10-3-4-11(2)12(7-10)13(18)9-17-6-5-16-14(17)8-15/h3-7H,9H2,1-2H3. The van der Waals surface area contributed by atoms with Crippen LogP contribution in [-0.4, -0.2) is 15.3 Å². The number of carbonyl (C=O) groups is 1. The zero-order chi connectivity index (χ0) is 13.1. The number of imidazole rings is 1. The van der Waals surface area contributed by atoms with Gasteiger partial charge in [0.1, 0.15) is 6.07 Å². The second-order valence-electron chi connectivity index (χ2n) is 4.23. The van der Waals surface area contributed by atoms with Crippen molar-refractivity contribution in [1.29, 1.82) is 5.26 Å². The molecule has 2 rings (SSSR count). The van der Waals surface area contributed by atoms with Crippen molar-refractivity contribution in [2.24, 2.45) is 0 Å². The predicted molar refractivity (Wildman–Crippen MR) is 67.2 cm³/mol. The van der Waals surface area contributed by atoms with Crippen LogP contribution in [-0.2, 0) is 6.54 Å². The fraction of sp³-hybridized carbons (Fsp3) is 0.214. The van der Waals surface area contributed by atoms with Crippen molar-refractivity contribution in [3.63, 3.8) is 0 Å². The lowest BCUT2D eigenvalue weighted by molar-refractivity contribution is 0.0971. The molecule has 90 valence electrons. The molecule has 0 unspecified atom stereocenters. The van der Waals surface area contributed by atoms with Gasteiger partial charge < -0.3 is 4.57 Å². The molecule has 0 bridgehead atoms. The van der Waals surface area contributed by atoms with Crippen LogP contribution < -0.4 is 0 Å². The number of carbonyl (C=O) groups excluding carboxylic acids is 1. The summed E-state index contributed by atoms with van der Waals surface area (Å²) in [6.07, 6.45) is 3.16. The van der Waals surface area contributed by atoms with Crippen LogP contribution in [0.1, 0.15) is 27.3 Å². The molecule has 0 aliphatic rings. The Bertz CT molecular complexity index is 635. The third kappa shape index (κ3) is 2.30. The molecule has 0 aliphatic heterocycles. The number of Topliss-reactive ketones (excluding diaryl/α,β-unsaturated/α-hetero) is 1. The van der Waals surface area contributed by atoms with Crippen molar-refractivity contribution in [2.75, 3.05) is 0 Å². The molecule has 0 radical (unpaired) electrons. The van der Waals surface area contributed by atoms with E-state index in [-0.39, 0.29) is 18.2 Å². The van der Waals surface area contributed by atoms with Crippen molar-refractivity contribution in [3.8, 4) is 6.07 Å². The summed E-state index contributed by atoms with van der Waals surface area (Å²) in [4.78, 5) is 16.1. The van der Waals surface area contributed by atoms with E-state index in [1.54, 1.807) is 10.8 Å². The largest absolute Gasteiger partial charge is 0.315 e. The maximum Gasteiger partial charge on any atom is 0.213 e. The SMILES string of the molecule is Cc1ccc(C)c(C(=O)Cn2ccnc2C#N)c1. The van der Waals surface area contributed by atoms with Gasteiger partial charge in [-0.2, -0.15) is 5.26 Å². The Balaban J connectivity index is 2.28. The molecule has 1 aromatic carbocycles. The molecular weight excluding hydrogens is 226 g/mol. The van der Waals surface area contributed by atoms with Crippen LogP contribution in [0, 0.1) is 25.2 Å². The zero-order valence-electron chi connectivity index (χ0n) is 10.3. The molecule has 0 amide bonds. The fourth-order valence-electron chi connectivity index (χ4n) is 1.83. The molecule has 0 N–H and O–H groups in total. The zero-order valence-corrected chi connectivity index (χ0v) is 10.3. The van der Waals surface area contributed by atoms with Gasteiger partial charge in [0.05, 0.1) is 6.54 Å². The molecule has 18 heavy (non-hydrogen) atoms. The summed E-state index contributed by atoms with van der Waals surface area (Å²) in [7, 11) is 0. The number of aryl methyl sites for hydroxylation is 2. The summed E-state index contributed by atoms with van der Waals surface area (Å²) in [5.74, 6) is 0.249. The van der Waals surface area contributed by atoms with Crippen molar-refractivity contribution >= 4 is 5.78 Å². The van der Waals surface area contributed by atoms with Gasteiger partial charge in [0.25, 0.3) is 0 Å². The van der Waals surface area contributed by atoms with E-state index in [0.717, 1.165) is 11.1 Å². The minimum Gasteiger partial charge on any atom is -0.315 e. The van der Waals surface area contributed by atoms with E-state index in [2.05, 4.69) is 4.98 Å². The smallest absolute Gasteiger partial charge is 0.213 e. The molecule has 0 saturated carbocycles. The van der Waals surface area contributed by atoms with Gasteiger partial charge in [-0.05, 0) is 25.5 Å². The number of nitrogens with zero attached hydrogens (tertiary/aromatic N) is 3. The first-order valence-electron chi connectivity index (χ1n) is 5.63. The predicted octanol–water partition coefficient (Wildman–Crippen LogP) is 2.25. The monoisotopic (exact) mass is 239 g/mol. The van der Waals surface area contributed by atoms with Crippen LogP contribution >= 0.6 is 0 Å². The molecule has 2 aromatic rings. The number of benzene rings is 1. The first-order valence-corrected chi connectivity index (χ1v) is 5.63. The summed E-state index contributed by atoms with van der Waals surface area (Å²) < 4.78 is 1.56. The Labute approximate surface area is 106 Å². The van der Waals surface area contributed by atoms with Crippen LogP contribution in [0.2, 0.25) is 0 Å². The van der Waals surface area contributed by atoms with E-state index in [4.69, 9.17) is 5.26 Å². The lowest BCUT2D eigenvalue weighted by Gasteiger charge is -2.07. The first-order chi connectivity index (χ1) is 8.61. The van der Waals surface area contributed by atoms with Crippen molar-refractivity contribution in [1.82, 2.24) is 9.55 Å². The minimum absolute atomic E-state index is 0.00861. The number of nitriles is 1. The topological polar surface area (TPSA) is 58.7 Å². The summed E-state index contributed by atoms with van der Waals surface area (Å²) in [5.41, 5.74) is 2.70. The number of ketones is 1. The van der Waals surface area contributed by atoms with Gasteiger partial charge >= 0.3 is 0 Å². The van der Waals surface area contributed by atoms with Crippen LogP contribution in [0.3, 0.4) is 0 Å². The van der Waals surface area contributed by atoms with E-state index in [9.17, 15) is 4.79 Å². The number of hydrogen-bond acceptors (Lipinski definition) is 3. The quantitative estimate of drug-likeness (QED) is 0.772. The summed E-state index contributed by atoms with van der Waals surface area (Å²) >= 11 is 0. The Morgan fingerprint density at radius 2 is 2.22 bits per heavy atom. The van der Waals surface area contributed by atoms with Crippen LogP contribution in [0.5, 0.6) is 0 Å². The molecular formula is C14H13N3O. The van der Waals surface area contributed by atoms with Gasteiger partial charge in [0, 0.05) is 18.0 Å². The highest BCUT2D eigenvalue weighted by Gasteiger charge is 2.12. The second kappa shape index (κ2) is 4.84. The average Bonchev–Trinajstić information content (AvgIpc) is 2.79. The molecule has 4 heteroatoms. The maximum absolute atomic E-state index is 12.2. The summed E-state index contributed by atoms with van der Waals surface area (Å²) in [6.45, 7) is 4.01. The van der Waals surface area contributed by atoms with E-state index >= 15 is 0 Å². The van der Waals surface area contributed by atoms with Gasteiger partial charge in [-0.15, -0.1) is 0 Å². The number of hydrogen-bond donors (Lipinski definition) is 0. The Morgan fingerprint density at radius 1 is 1.44 bits per heavy atom. The molecule has 1 heterocycles. The number of rotatable bonds is 3. The molecule has 4 nitrogen and oxygen atoms in total. The van der Waals surface area contributed by atoms with Gasteiger partial charge in [0.2, 0.25) is 5.82 Å². The first kappa shape index (κ1) is 12.1. The maximum atomic E-state index is 12.2. The Hall–Kier alpha value is -2.41. The second-order valence-corrected chi connectivity index (χ2v) is 4.23. The molecule has 0 aliphatic carbocycles. The highest BCUT2D eigenvalue weighted by molar-refractivity contribution is 5.97. The lowest BCUT2D eigenvalue weighted by atomic mass is 10.0. The van der Waals surface area contributed by atoms with Gasteiger partial charge in [-0.1, -0.05) is 17.7 Å². The van der Waals surface area contributed by atoms with E-state index in [1.165, 1.54) is 6.20 Å². The van der Waals surface area contributed by atoms with E-state index in [1.807, 2.05) is 38.1 Å². The summed E-state index contributed by atoms with van der Waals surface area (Å²) in [5, 5.41) is 8.84. The third-order valence-corrected chi connectivity index (χ3v) is 2.82. The fourth-order valence-corrected chi connectivity index (χ4v) is 1.83. The van der Waals surface area contributed by atoms with Crippen molar-refractivity contribution < 1.29 is 4.79 Å². The highest BCUT2D eigenvalue weighted by atomic mass is 16.1. The van der Waals surface area contributed by atoms with E-state index < -0.39 is 0 Å². The van der Waals surface area contributed by atoms with Crippen LogP contribution in [0.25, 0.3) is 0 Å². The Morgan fingerprint density at radius 3 is 2.94 bits per heavy atom. The van der Waals surface area contributed by atoms with E-state index in [0.29, 0.717) is 5.56 Å². The van der Waals surface area contributed by atoms with Gasteiger partial charge in [-0.25, -0.2) is 4.98 Å². The average molecular weight is 239 g/mol. The van der Waals surface area contributed by atoms with Crippen LogP contribution in [0.4, 0.5) is 0 Å². The van der Waals surface area contributed by atoms with Gasteiger partial charge in [0.15, 0.2) is 5.78 Å². The third-order valence-electron chi connectivity index (χ3n) is 2.82. The molecule has 0 spiro atoms. The van der Waals surface area contributed by atoms with Crippen molar-refractivity contribution in [3.05, 3.63) is 53.1 Å². The normalized spacial score (nSPS) is 10.1. The minimum atomic E-state index is -0.00861. The molecule has 1 aromatic heterocycles. The lowest BCUT2D eigenvalue weighted by Crippen LogP contribution is -2.12.